The van der Waals surface area contributed by atoms with Crippen LogP contribution >= 0.6 is 0 Å². The minimum absolute atomic E-state index is 0.0654. The summed E-state index contributed by atoms with van der Waals surface area (Å²) in [5, 5.41) is 6.14. The Morgan fingerprint density at radius 2 is 2.00 bits per heavy atom. The molecule has 0 aromatic heterocycles. The van der Waals surface area contributed by atoms with E-state index < -0.39 is 11.1 Å². The zero-order chi connectivity index (χ0) is 19.0. The predicted octanol–water partition coefficient (Wildman–Crippen LogP) is 2.08. The molecule has 2 bridgehead atoms. The second kappa shape index (κ2) is 5.21. The number of rotatable bonds is 2. The van der Waals surface area contributed by atoms with Crippen LogP contribution in [0.4, 0.5) is 5.69 Å². The highest BCUT2D eigenvalue weighted by atomic mass is 16.2. The van der Waals surface area contributed by atoms with Gasteiger partial charge in [-0.15, -0.1) is 0 Å². The number of carbonyl (C=O) groups excluding carboxylic acids is 3. The summed E-state index contributed by atoms with van der Waals surface area (Å²) in [5.41, 5.74) is -0.131. The molecule has 1 aromatic rings. The van der Waals surface area contributed by atoms with Crippen molar-refractivity contribution >= 4 is 23.3 Å². The van der Waals surface area contributed by atoms with Crippen LogP contribution in [0.25, 0.3) is 0 Å². The topological polar surface area (TPSA) is 78.5 Å². The lowest BCUT2D eigenvalue weighted by Gasteiger charge is -2.59. The maximum atomic E-state index is 13.4. The van der Waals surface area contributed by atoms with E-state index >= 15 is 0 Å². The number of allylic oxidation sites excluding steroid dienone is 1. The first kappa shape index (κ1) is 16.5. The SMILES string of the molecule is CC(C)[C@@H]1CC2(/C=C3/Nc4ccccc4C3=O)NC(=O)C13CCCN3C2=O. The third-order valence-corrected chi connectivity index (χ3v) is 6.81. The van der Waals surface area contributed by atoms with Crippen molar-refractivity contribution in [3.05, 3.63) is 41.6 Å². The number of para-hydroxylation sites is 1. The van der Waals surface area contributed by atoms with Gasteiger partial charge in [-0.3, -0.25) is 14.4 Å². The fourth-order valence-corrected chi connectivity index (χ4v) is 5.60. The average Bonchev–Trinajstić information content (AvgIpc) is 3.21. The molecule has 6 nitrogen and oxygen atoms in total. The molecule has 27 heavy (non-hydrogen) atoms. The molecule has 4 fully saturated rings. The van der Waals surface area contributed by atoms with Crippen molar-refractivity contribution in [3.8, 4) is 0 Å². The summed E-state index contributed by atoms with van der Waals surface area (Å²) >= 11 is 0. The maximum absolute atomic E-state index is 13.4. The van der Waals surface area contributed by atoms with E-state index in [0.717, 1.165) is 18.5 Å². The second-order valence-electron chi connectivity index (χ2n) is 8.52. The normalized spacial score (nSPS) is 35.5. The number of Topliss-reactive ketones (excluding diaryl/α,β-unsaturated/α-hetero) is 1. The third-order valence-electron chi connectivity index (χ3n) is 6.81. The lowest BCUT2D eigenvalue weighted by Crippen LogP contribution is -2.81. The van der Waals surface area contributed by atoms with Crippen LogP contribution in [-0.2, 0) is 9.59 Å². The van der Waals surface area contributed by atoms with E-state index in [4.69, 9.17) is 0 Å². The van der Waals surface area contributed by atoms with Gasteiger partial charge in [0.15, 0.2) is 0 Å². The molecule has 5 aliphatic heterocycles. The Bertz CT molecular complexity index is 921. The molecule has 1 aromatic carbocycles. The second-order valence-corrected chi connectivity index (χ2v) is 8.52. The van der Waals surface area contributed by atoms with Gasteiger partial charge in [0.25, 0.3) is 5.91 Å². The minimum atomic E-state index is -1.14. The van der Waals surface area contributed by atoms with Crippen molar-refractivity contribution < 1.29 is 14.4 Å². The molecule has 0 saturated carbocycles. The standard InChI is InChI=1S/C21H23N3O3/c1-12(2)14-10-20(11-16-17(25)13-6-3-4-7-15(13)22-16)19(27)24-9-5-8-21(14,24)18(26)23-20/h3-4,6-7,11-12,14,22H,5,8-10H2,1-2H3,(H,23,26)/b16-11+/t14-,20?,21?/m0/s1. The molecule has 2 N–H and O–H groups in total. The zero-order valence-electron chi connectivity index (χ0n) is 15.5. The summed E-state index contributed by atoms with van der Waals surface area (Å²) in [6.45, 7) is 4.84. The van der Waals surface area contributed by atoms with Crippen LogP contribution in [0.15, 0.2) is 36.0 Å². The van der Waals surface area contributed by atoms with Gasteiger partial charge in [-0.2, -0.15) is 0 Å². The molecule has 140 valence electrons. The maximum Gasteiger partial charge on any atom is 0.253 e. The largest absolute Gasteiger partial charge is 0.352 e. The van der Waals surface area contributed by atoms with Crippen molar-refractivity contribution in [2.45, 2.75) is 44.2 Å². The summed E-state index contributed by atoms with van der Waals surface area (Å²) in [7, 11) is 0. The van der Waals surface area contributed by atoms with E-state index in [1.807, 2.05) is 18.2 Å². The van der Waals surface area contributed by atoms with Crippen molar-refractivity contribution in [3.63, 3.8) is 0 Å². The van der Waals surface area contributed by atoms with E-state index in [1.165, 1.54) is 0 Å². The molecule has 6 heteroatoms. The van der Waals surface area contributed by atoms with Crippen LogP contribution < -0.4 is 10.6 Å². The smallest absolute Gasteiger partial charge is 0.253 e. The van der Waals surface area contributed by atoms with E-state index in [2.05, 4.69) is 24.5 Å². The van der Waals surface area contributed by atoms with Gasteiger partial charge in [0.05, 0.1) is 5.70 Å². The van der Waals surface area contributed by atoms with E-state index in [1.54, 1.807) is 17.0 Å². The van der Waals surface area contributed by atoms with Crippen LogP contribution in [0.3, 0.4) is 0 Å². The van der Waals surface area contributed by atoms with Gasteiger partial charge in [-0.05, 0) is 49.3 Å². The van der Waals surface area contributed by atoms with E-state index in [9.17, 15) is 14.4 Å². The number of carbonyl (C=O) groups is 3. The molecular weight excluding hydrogens is 342 g/mol. The predicted molar refractivity (Wildman–Crippen MR) is 100.0 cm³/mol. The van der Waals surface area contributed by atoms with Crippen LogP contribution in [0.1, 0.15) is 43.5 Å². The number of hydrogen-bond acceptors (Lipinski definition) is 4. The number of piperidine rings is 2. The van der Waals surface area contributed by atoms with Gasteiger partial charge < -0.3 is 15.5 Å². The monoisotopic (exact) mass is 365 g/mol. The first-order chi connectivity index (χ1) is 12.9. The molecule has 6 rings (SSSR count). The Kier molecular flexibility index (Phi) is 3.19. The first-order valence-corrected chi connectivity index (χ1v) is 9.67. The number of ketones is 1. The third kappa shape index (κ3) is 1.93. The molecule has 5 heterocycles. The Labute approximate surface area is 158 Å². The lowest BCUT2D eigenvalue weighted by atomic mass is 9.61. The summed E-state index contributed by atoms with van der Waals surface area (Å²) in [5.74, 6) is 0.0833. The fourth-order valence-electron chi connectivity index (χ4n) is 5.60. The van der Waals surface area contributed by atoms with E-state index in [-0.39, 0.29) is 29.4 Å². The molecule has 2 amide bonds. The number of nitrogens with zero attached hydrogens (tertiary/aromatic N) is 1. The number of amides is 2. The summed E-state index contributed by atoms with van der Waals surface area (Å²) < 4.78 is 0. The summed E-state index contributed by atoms with van der Waals surface area (Å²) in [6.07, 6.45) is 3.78. The highest BCUT2D eigenvalue weighted by Crippen LogP contribution is 2.52. The van der Waals surface area contributed by atoms with Gasteiger partial charge in [-0.25, -0.2) is 0 Å². The number of hydrogen-bond donors (Lipinski definition) is 2. The summed E-state index contributed by atoms with van der Waals surface area (Å²) in [4.78, 5) is 41.2. The first-order valence-electron chi connectivity index (χ1n) is 9.67. The number of nitrogens with one attached hydrogen (secondary N) is 2. The molecular formula is C21H23N3O3. The fraction of sp³-hybridized carbons (Fsp3) is 0.476. The van der Waals surface area contributed by atoms with Crippen LogP contribution in [-0.4, -0.2) is 40.1 Å². The number of fused-ring (bicyclic) bond motifs is 3. The Morgan fingerprint density at radius 3 is 2.74 bits per heavy atom. The summed E-state index contributed by atoms with van der Waals surface area (Å²) in [6, 6.07) is 7.30. The molecule has 4 saturated heterocycles. The quantitative estimate of drug-likeness (QED) is 0.787. The number of piperazine rings is 1. The van der Waals surface area contributed by atoms with Crippen molar-refractivity contribution in [2.24, 2.45) is 11.8 Å². The molecule has 0 aliphatic carbocycles. The molecule has 0 radical (unpaired) electrons. The van der Waals surface area contributed by atoms with Crippen molar-refractivity contribution in [2.75, 3.05) is 11.9 Å². The average molecular weight is 365 g/mol. The van der Waals surface area contributed by atoms with Gasteiger partial charge in [0.1, 0.15) is 11.1 Å². The Morgan fingerprint density at radius 1 is 1.22 bits per heavy atom. The highest BCUT2D eigenvalue weighted by molar-refractivity contribution is 6.19. The van der Waals surface area contributed by atoms with E-state index in [0.29, 0.717) is 24.2 Å². The van der Waals surface area contributed by atoms with Gasteiger partial charge in [0.2, 0.25) is 11.7 Å². The Hall–Kier alpha value is -2.63. The van der Waals surface area contributed by atoms with Gasteiger partial charge >= 0.3 is 0 Å². The zero-order valence-corrected chi connectivity index (χ0v) is 15.5. The van der Waals surface area contributed by atoms with Crippen LogP contribution in [0.5, 0.6) is 0 Å². The van der Waals surface area contributed by atoms with Gasteiger partial charge in [-0.1, -0.05) is 26.0 Å². The molecule has 1 spiro atoms. The van der Waals surface area contributed by atoms with Crippen LogP contribution in [0, 0.1) is 11.8 Å². The number of anilines is 1. The van der Waals surface area contributed by atoms with Crippen molar-refractivity contribution in [1.29, 1.82) is 0 Å². The molecule has 3 atom stereocenters. The highest BCUT2D eigenvalue weighted by Gasteiger charge is 2.69. The Balaban J connectivity index is 1.61. The lowest BCUT2D eigenvalue weighted by molar-refractivity contribution is -0.174. The van der Waals surface area contributed by atoms with Gasteiger partial charge in [0, 0.05) is 17.8 Å². The number of benzene rings is 1. The molecule has 2 unspecified atom stereocenters. The molecule has 5 aliphatic rings. The van der Waals surface area contributed by atoms with Crippen molar-refractivity contribution in [1.82, 2.24) is 10.2 Å². The minimum Gasteiger partial charge on any atom is -0.352 e. The van der Waals surface area contributed by atoms with Crippen LogP contribution in [0.2, 0.25) is 0 Å².